The third-order valence-corrected chi connectivity index (χ3v) is 5.03. The number of hydrogen-bond donors (Lipinski definition) is 0. The Morgan fingerprint density at radius 1 is 0.871 bits per heavy atom. The van der Waals surface area contributed by atoms with Crippen molar-refractivity contribution in [3.05, 3.63) is 58.4 Å². The highest BCUT2D eigenvalue weighted by atomic mass is 16.5. The zero-order valence-electron chi connectivity index (χ0n) is 19.6. The Morgan fingerprint density at radius 2 is 1.32 bits per heavy atom. The number of nitrogens with zero attached hydrogens (tertiary/aromatic N) is 4. The van der Waals surface area contributed by atoms with Gasteiger partial charge in [-0.05, 0) is 60.6 Å². The summed E-state index contributed by atoms with van der Waals surface area (Å²) in [5.74, 6) is -0.859. The Labute approximate surface area is 183 Å². The molecule has 31 heavy (non-hydrogen) atoms. The molecular weight excluding hydrogens is 396 g/mol. The number of methoxy groups -OCH3 is 1. The van der Waals surface area contributed by atoms with E-state index < -0.39 is 17.2 Å². The highest BCUT2D eigenvalue weighted by Crippen LogP contribution is 2.36. The van der Waals surface area contributed by atoms with Gasteiger partial charge in [0.2, 0.25) is 11.6 Å². The van der Waals surface area contributed by atoms with Crippen LogP contribution >= 0.6 is 0 Å². The maximum Gasteiger partial charge on any atom is 0.229 e. The molecule has 0 aromatic carbocycles. The molecule has 2 heterocycles. The van der Waals surface area contributed by atoms with Gasteiger partial charge in [0, 0.05) is 42.3 Å². The molecule has 1 aliphatic carbocycles. The highest BCUT2D eigenvalue weighted by Gasteiger charge is 2.42. The molecule has 8 heteroatoms. The Hall–Kier alpha value is -3.00. The van der Waals surface area contributed by atoms with E-state index in [-0.39, 0.29) is 0 Å². The van der Waals surface area contributed by atoms with E-state index in [4.69, 9.17) is 9.47 Å². The van der Waals surface area contributed by atoms with Crippen molar-refractivity contribution in [1.29, 1.82) is 0 Å². The standard InChI is InChI=1S/C19H22N4O3.C4H10O/c1-11-7-13(3)22(20-11)19(5,23-14(4)8-12(2)21-23)15-9-16(24)17(25)10-18(15)26-6;1-3-5-4-2/h7-10H,1-6H3;3-4H2,1-2H3. The maximum atomic E-state index is 12.2. The van der Waals surface area contributed by atoms with E-state index in [2.05, 4.69) is 10.2 Å². The van der Waals surface area contributed by atoms with Gasteiger partial charge in [-0.25, -0.2) is 9.36 Å². The highest BCUT2D eigenvalue weighted by molar-refractivity contribution is 6.46. The second kappa shape index (κ2) is 9.87. The fourth-order valence-corrected chi connectivity index (χ4v) is 3.74. The van der Waals surface area contributed by atoms with Crippen LogP contribution in [0, 0.1) is 27.7 Å². The lowest BCUT2D eigenvalue weighted by atomic mass is 9.92. The molecule has 0 fully saturated rings. The average molecular weight is 429 g/mol. The first kappa shape index (κ1) is 24.3. The van der Waals surface area contributed by atoms with E-state index in [1.54, 1.807) is 0 Å². The molecule has 3 rings (SSSR count). The first-order valence-electron chi connectivity index (χ1n) is 10.3. The lowest BCUT2D eigenvalue weighted by Crippen LogP contribution is -2.45. The van der Waals surface area contributed by atoms with Crippen LogP contribution in [0.15, 0.2) is 35.6 Å². The molecule has 1 aliphatic rings. The van der Waals surface area contributed by atoms with E-state index >= 15 is 0 Å². The average Bonchev–Trinajstić information content (AvgIpc) is 3.24. The number of carbonyl (C=O) groups excluding carboxylic acids is 2. The summed E-state index contributed by atoms with van der Waals surface area (Å²) in [7, 11) is 1.48. The summed E-state index contributed by atoms with van der Waals surface area (Å²) in [4.78, 5) is 24.0. The Morgan fingerprint density at radius 3 is 1.65 bits per heavy atom. The van der Waals surface area contributed by atoms with Gasteiger partial charge < -0.3 is 9.47 Å². The minimum absolute atomic E-state index is 0.331. The number of ether oxygens (including phenoxy) is 2. The van der Waals surface area contributed by atoms with E-state index in [9.17, 15) is 9.59 Å². The lowest BCUT2D eigenvalue weighted by Gasteiger charge is -2.36. The number of allylic oxidation sites excluding steroid dienone is 3. The van der Waals surface area contributed by atoms with E-state index in [1.807, 2.05) is 70.0 Å². The Bertz CT molecular complexity index is 978. The second-order valence-corrected chi connectivity index (χ2v) is 7.48. The van der Waals surface area contributed by atoms with Crippen LogP contribution < -0.4 is 0 Å². The number of rotatable bonds is 6. The molecule has 2 aromatic heterocycles. The number of aryl methyl sites for hydroxylation is 4. The van der Waals surface area contributed by atoms with Crippen LogP contribution in [-0.2, 0) is 24.7 Å². The molecule has 0 radical (unpaired) electrons. The molecule has 0 N–H and O–H groups in total. The van der Waals surface area contributed by atoms with Crippen molar-refractivity contribution in [2.45, 2.75) is 54.1 Å². The van der Waals surface area contributed by atoms with Crippen LogP contribution in [0.2, 0.25) is 0 Å². The molecule has 0 bridgehead atoms. The molecule has 2 aromatic rings. The minimum atomic E-state index is -0.977. The second-order valence-electron chi connectivity index (χ2n) is 7.48. The van der Waals surface area contributed by atoms with Crippen molar-refractivity contribution >= 4 is 11.6 Å². The Balaban J connectivity index is 0.000000614. The first-order valence-corrected chi connectivity index (χ1v) is 10.3. The zero-order chi connectivity index (χ0) is 23.3. The molecule has 168 valence electrons. The molecule has 0 spiro atoms. The van der Waals surface area contributed by atoms with Crippen LogP contribution in [0.4, 0.5) is 0 Å². The fraction of sp³-hybridized carbons (Fsp3) is 0.478. The summed E-state index contributed by atoms with van der Waals surface area (Å²) < 4.78 is 13.9. The third kappa shape index (κ3) is 4.85. The van der Waals surface area contributed by atoms with Gasteiger partial charge in [0.1, 0.15) is 5.76 Å². The van der Waals surface area contributed by atoms with Crippen LogP contribution in [0.5, 0.6) is 0 Å². The van der Waals surface area contributed by atoms with Gasteiger partial charge in [-0.1, -0.05) is 0 Å². The molecule has 0 aliphatic heterocycles. The quantitative estimate of drug-likeness (QED) is 0.519. The molecule has 0 unspecified atom stereocenters. The fourth-order valence-electron chi connectivity index (χ4n) is 3.74. The maximum absolute atomic E-state index is 12.2. The van der Waals surface area contributed by atoms with Gasteiger partial charge in [0.15, 0.2) is 5.66 Å². The Kier molecular flexibility index (Phi) is 7.73. The van der Waals surface area contributed by atoms with Crippen molar-refractivity contribution in [2.75, 3.05) is 20.3 Å². The molecular formula is C23H32N4O4. The van der Waals surface area contributed by atoms with Crippen LogP contribution in [0.3, 0.4) is 0 Å². The summed E-state index contributed by atoms with van der Waals surface area (Å²) >= 11 is 0. The van der Waals surface area contributed by atoms with Crippen molar-refractivity contribution in [1.82, 2.24) is 19.6 Å². The number of aromatic nitrogens is 4. The number of ketones is 2. The monoisotopic (exact) mass is 428 g/mol. The lowest BCUT2D eigenvalue weighted by molar-refractivity contribution is -0.131. The van der Waals surface area contributed by atoms with Crippen LogP contribution in [-0.4, -0.2) is 51.5 Å². The molecule has 8 nitrogen and oxygen atoms in total. The van der Waals surface area contributed by atoms with Crippen LogP contribution in [0.25, 0.3) is 0 Å². The van der Waals surface area contributed by atoms with E-state index in [0.717, 1.165) is 36.0 Å². The summed E-state index contributed by atoms with van der Waals surface area (Å²) in [5.41, 5.74) is 3.04. The third-order valence-electron chi connectivity index (χ3n) is 5.03. The van der Waals surface area contributed by atoms with Crippen molar-refractivity contribution < 1.29 is 19.1 Å². The summed E-state index contributed by atoms with van der Waals surface area (Å²) in [6.45, 7) is 15.3. The summed E-state index contributed by atoms with van der Waals surface area (Å²) in [6.07, 6.45) is 2.56. The van der Waals surface area contributed by atoms with E-state index in [1.165, 1.54) is 19.3 Å². The van der Waals surface area contributed by atoms with Crippen LogP contribution in [0.1, 0.15) is 43.5 Å². The van der Waals surface area contributed by atoms with Crippen molar-refractivity contribution in [2.24, 2.45) is 0 Å². The minimum Gasteiger partial charge on any atom is -0.496 e. The zero-order valence-corrected chi connectivity index (χ0v) is 19.6. The summed E-state index contributed by atoms with van der Waals surface area (Å²) in [5, 5.41) is 9.27. The predicted molar refractivity (Wildman–Crippen MR) is 118 cm³/mol. The molecule has 0 atom stereocenters. The number of hydrogen-bond acceptors (Lipinski definition) is 6. The first-order chi connectivity index (χ1) is 14.6. The summed E-state index contributed by atoms with van der Waals surface area (Å²) in [6, 6.07) is 3.91. The van der Waals surface area contributed by atoms with Crippen molar-refractivity contribution in [3.8, 4) is 0 Å². The molecule has 0 saturated heterocycles. The van der Waals surface area contributed by atoms with Crippen molar-refractivity contribution in [3.63, 3.8) is 0 Å². The van der Waals surface area contributed by atoms with Gasteiger partial charge in [0.25, 0.3) is 0 Å². The number of carbonyl (C=O) groups is 2. The van der Waals surface area contributed by atoms with Gasteiger partial charge in [-0.3, -0.25) is 9.59 Å². The van der Waals surface area contributed by atoms with E-state index in [0.29, 0.717) is 11.3 Å². The SMILES string of the molecule is CCOCC.COC1=CC(=O)C(=O)C=C1C(C)(n1nc(C)cc1C)n1nc(C)cc1C. The normalized spacial score (nSPS) is 14.1. The molecule has 0 amide bonds. The van der Waals surface area contributed by atoms with Gasteiger partial charge in [-0.15, -0.1) is 0 Å². The van der Waals surface area contributed by atoms with Gasteiger partial charge in [-0.2, -0.15) is 10.2 Å². The largest absolute Gasteiger partial charge is 0.496 e. The molecule has 0 saturated carbocycles. The van der Waals surface area contributed by atoms with Gasteiger partial charge in [0.05, 0.1) is 18.5 Å². The smallest absolute Gasteiger partial charge is 0.229 e. The van der Waals surface area contributed by atoms with Gasteiger partial charge >= 0.3 is 0 Å². The topological polar surface area (TPSA) is 88.2 Å². The predicted octanol–water partition coefficient (Wildman–Crippen LogP) is 3.19.